The summed E-state index contributed by atoms with van der Waals surface area (Å²) in [5.74, 6) is 3.05. The molecule has 1 rings (SSSR count). The molecule has 0 atom stereocenters. The van der Waals surface area contributed by atoms with Gasteiger partial charge in [0.25, 0.3) is 0 Å². The fourth-order valence-electron chi connectivity index (χ4n) is 2.29. The predicted molar refractivity (Wildman–Crippen MR) is 87.7 cm³/mol. The predicted octanol–water partition coefficient (Wildman–Crippen LogP) is 3.80. The van der Waals surface area contributed by atoms with Crippen LogP contribution in [0.25, 0.3) is 0 Å². The summed E-state index contributed by atoms with van der Waals surface area (Å²) in [6.45, 7) is 13.9. The Morgan fingerprint density at radius 2 is 1.60 bits per heavy atom. The number of aryl methyl sites for hydroxylation is 1. The van der Waals surface area contributed by atoms with Gasteiger partial charge in [-0.05, 0) is 26.2 Å². The standard InChI is InChI=1S/C16H30N4/c1-6-10-17-15-13(5)16(19-14(9-4)18-15)20(11-7-2)12-8-3/h6-12H2,1-5H3,(H,17,18,19). The highest BCUT2D eigenvalue weighted by atomic mass is 15.2. The highest BCUT2D eigenvalue weighted by molar-refractivity contribution is 5.58. The molecule has 4 nitrogen and oxygen atoms in total. The van der Waals surface area contributed by atoms with Crippen molar-refractivity contribution < 1.29 is 0 Å². The lowest BCUT2D eigenvalue weighted by Crippen LogP contribution is -2.27. The Kier molecular flexibility index (Phi) is 7.34. The van der Waals surface area contributed by atoms with Crippen molar-refractivity contribution in [3.05, 3.63) is 11.4 Å². The topological polar surface area (TPSA) is 41.1 Å². The SMILES string of the molecule is CCCNc1nc(CC)nc(N(CCC)CCC)c1C. The van der Waals surface area contributed by atoms with Crippen molar-refractivity contribution >= 4 is 11.6 Å². The Labute approximate surface area is 124 Å². The highest BCUT2D eigenvalue weighted by Crippen LogP contribution is 2.24. The first-order valence-corrected chi connectivity index (χ1v) is 8.04. The fraction of sp³-hybridized carbons (Fsp3) is 0.750. The van der Waals surface area contributed by atoms with E-state index in [0.717, 1.165) is 62.8 Å². The third kappa shape index (κ3) is 4.36. The molecular formula is C16H30N4. The molecular weight excluding hydrogens is 248 g/mol. The third-order valence-corrected chi connectivity index (χ3v) is 3.31. The van der Waals surface area contributed by atoms with Crippen molar-refractivity contribution in [3.63, 3.8) is 0 Å². The molecule has 0 saturated heterocycles. The molecule has 0 aliphatic carbocycles. The second-order valence-electron chi connectivity index (χ2n) is 5.20. The third-order valence-electron chi connectivity index (χ3n) is 3.31. The van der Waals surface area contributed by atoms with E-state index in [1.165, 1.54) is 5.56 Å². The van der Waals surface area contributed by atoms with Crippen LogP contribution < -0.4 is 10.2 Å². The zero-order valence-electron chi connectivity index (χ0n) is 13.8. The maximum Gasteiger partial charge on any atom is 0.137 e. The highest BCUT2D eigenvalue weighted by Gasteiger charge is 2.15. The molecule has 1 N–H and O–H groups in total. The van der Waals surface area contributed by atoms with Gasteiger partial charge in [-0.15, -0.1) is 0 Å². The molecule has 4 heteroatoms. The molecule has 0 saturated carbocycles. The van der Waals surface area contributed by atoms with Gasteiger partial charge in [0.2, 0.25) is 0 Å². The monoisotopic (exact) mass is 278 g/mol. The molecule has 1 heterocycles. The van der Waals surface area contributed by atoms with Crippen molar-refractivity contribution in [1.29, 1.82) is 0 Å². The lowest BCUT2D eigenvalue weighted by molar-refractivity contribution is 0.724. The summed E-state index contributed by atoms with van der Waals surface area (Å²) < 4.78 is 0. The number of hydrogen-bond donors (Lipinski definition) is 1. The van der Waals surface area contributed by atoms with Crippen LogP contribution in [0.1, 0.15) is 58.3 Å². The second-order valence-corrected chi connectivity index (χ2v) is 5.20. The Morgan fingerprint density at radius 1 is 0.950 bits per heavy atom. The van der Waals surface area contributed by atoms with Crippen LogP contribution >= 0.6 is 0 Å². The smallest absolute Gasteiger partial charge is 0.137 e. The molecule has 0 aliphatic heterocycles. The lowest BCUT2D eigenvalue weighted by atomic mass is 10.2. The summed E-state index contributed by atoms with van der Waals surface area (Å²) in [5, 5.41) is 3.44. The molecule has 114 valence electrons. The summed E-state index contributed by atoms with van der Waals surface area (Å²) in [4.78, 5) is 11.8. The van der Waals surface area contributed by atoms with Crippen LogP contribution in [-0.2, 0) is 6.42 Å². The molecule has 0 spiro atoms. The minimum absolute atomic E-state index is 0.875. The second kappa shape index (κ2) is 8.77. The zero-order valence-corrected chi connectivity index (χ0v) is 13.8. The number of rotatable bonds is 9. The summed E-state index contributed by atoms with van der Waals surface area (Å²) in [7, 11) is 0. The van der Waals surface area contributed by atoms with Crippen molar-refractivity contribution in [1.82, 2.24) is 9.97 Å². The van der Waals surface area contributed by atoms with E-state index in [1.807, 2.05) is 0 Å². The minimum Gasteiger partial charge on any atom is -0.370 e. The summed E-state index contributed by atoms with van der Waals surface area (Å²) in [6.07, 6.45) is 4.26. The van der Waals surface area contributed by atoms with Crippen molar-refractivity contribution in [2.24, 2.45) is 0 Å². The number of anilines is 2. The Morgan fingerprint density at radius 3 is 2.10 bits per heavy atom. The fourth-order valence-corrected chi connectivity index (χ4v) is 2.29. The van der Waals surface area contributed by atoms with Crippen LogP contribution in [0, 0.1) is 6.92 Å². The van der Waals surface area contributed by atoms with Crippen molar-refractivity contribution in [2.75, 3.05) is 29.9 Å². The first-order chi connectivity index (χ1) is 9.67. The molecule has 0 bridgehead atoms. The van der Waals surface area contributed by atoms with Gasteiger partial charge in [-0.25, -0.2) is 9.97 Å². The van der Waals surface area contributed by atoms with Crippen LogP contribution in [0.2, 0.25) is 0 Å². The van der Waals surface area contributed by atoms with Gasteiger partial charge in [0.1, 0.15) is 17.5 Å². The van der Waals surface area contributed by atoms with Crippen LogP contribution in [0.15, 0.2) is 0 Å². The largest absolute Gasteiger partial charge is 0.370 e. The van der Waals surface area contributed by atoms with Crippen LogP contribution in [0.5, 0.6) is 0 Å². The molecule has 0 aromatic carbocycles. The van der Waals surface area contributed by atoms with E-state index in [4.69, 9.17) is 4.98 Å². The minimum atomic E-state index is 0.875. The van der Waals surface area contributed by atoms with E-state index in [2.05, 4.69) is 49.8 Å². The average Bonchev–Trinajstić information content (AvgIpc) is 2.46. The van der Waals surface area contributed by atoms with E-state index in [0.29, 0.717) is 0 Å². The van der Waals surface area contributed by atoms with E-state index >= 15 is 0 Å². The maximum atomic E-state index is 4.77. The molecule has 20 heavy (non-hydrogen) atoms. The van der Waals surface area contributed by atoms with Crippen LogP contribution in [-0.4, -0.2) is 29.6 Å². The molecule has 0 radical (unpaired) electrons. The normalized spacial score (nSPS) is 10.7. The van der Waals surface area contributed by atoms with Gasteiger partial charge in [-0.1, -0.05) is 27.7 Å². The Hall–Kier alpha value is -1.32. The average molecular weight is 278 g/mol. The van der Waals surface area contributed by atoms with Crippen LogP contribution in [0.3, 0.4) is 0 Å². The van der Waals surface area contributed by atoms with Gasteiger partial charge < -0.3 is 10.2 Å². The summed E-state index contributed by atoms with van der Waals surface area (Å²) in [6, 6.07) is 0. The van der Waals surface area contributed by atoms with Gasteiger partial charge in [0.05, 0.1) is 0 Å². The Bertz CT molecular complexity index is 398. The molecule has 1 aromatic rings. The molecule has 0 amide bonds. The first-order valence-electron chi connectivity index (χ1n) is 8.04. The first kappa shape index (κ1) is 16.7. The van der Waals surface area contributed by atoms with Gasteiger partial charge in [-0.3, -0.25) is 0 Å². The van der Waals surface area contributed by atoms with E-state index in [1.54, 1.807) is 0 Å². The van der Waals surface area contributed by atoms with E-state index < -0.39 is 0 Å². The lowest BCUT2D eigenvalue weighted by Gasteiger charge is -2.26. The number of aromatic nitrogens is 2. The van der Waals surface area contributed by atoms with Gasteiger partial charge in [0, 0.05) is 31.6 Å². The Balaban J connectivity index is 3.13. The van der Waals surface area contributed by atoms with Gasteiger partial charge in [-0.2, -0.15) is 0 Å². The van der Waals surface area contributed by atoms with Gasteiger partial charge >= 0.3 is 0 Å². The van der Waals surface area contributed by atoms with E-state index in [-0.39, 0.29) is 0 Å². The van der Waals surface area contributed by atoms with Crippen molar-refractivity contribution in [2.45, 2.75) is 60.3 Å². The number of hydrogen-bond acceptors (Lipinski definition) is 4. The molecule has 0 aliphatic rings. The number of nitrogens with one attached hydrogen (secondary N) is 1. The van der Waals surface area contributed by atoms with Crippen molar-refractivity contribution in [3.8, 4) is 0 Å². The van der Waals surface area contributed by atoms with Crippen LogP contribution in [0.4, 0.5) is 11.6 Å². The molecule has 0 fully saturated rings. The quantitative estimate of drug-likeness (QED) is 0.746. The number of nitrogens with zero attached hydrogens (tertiary/aromatic N) is 3. The maximum absolute atomic E-state index is 4.77. The zero-order chi connectivity index (χ0) is 15.0. The summed E-state index contributed by atoms with van der Waals surface area (Å²) in [5.41, 5.74) is 1.18. The summed E-state index contributed by atoms with van der Waals surface area (Å²) >= 11 is 0. The molecule has 0 unspecified atom stereocenters. The molecule has 1 aromatic heterocycles. The van der Waals surface area contributed by atoms with Gasteiger partial charge in [0.15, 0.2) is 0 Å². The van der Waals surface area contributed by atoms with E-state index in [9.17, 15) is 0 Å².